The number of aromatic amines is 1. The van der Waals surface area contributed by atoms with Crippen LogP contribution in [0, 0.1) is 3.57 Å². The number of carboxylic acid groups (broad SMARTS) is 1. The van der Waals surface area contributed by atoms with Crippen LogP contribution in [0.15, 0.2) is 30.7 Å². The molecule has 0 aliphatic rings. The Morgan fingerprint density at radius 2 is 2.03 bits per heavy atom. The molecule has 1 atom stereocenters. The predicted molar refractivity (Wildman–Crippen MR) is 118 cm³/mol. The minimum absolute atomic E-state index is 0.208. The third-order valence-corrected chi connectivity index (χ3v) is 5.37. The SMILES string of the molecule is O=C(CCc1ccc(O)c([125I])c1)NC(CCCCNCCc1cnc[nH]1)C(=O)O. The molecule has 0 spiro atoms. The summed E-state index contributed by atoms with van der Waals surface area (Å²) in [7, 11) is 0. The van der Waals surface area contributed by atoms with Gasteiger partial charge in [0.15, 0.2) is 0 Å². The van der Waals surface area contributed by atoms with E-state index < -0.39 is 12.0 Å². The van der Waals surface area contributed by atoms with Gasteiger partial charge in [0.2, 0.25) is 5.91 Å². The molecule has 0 saturated heterocycles. The van der Waals surface area contributed by atoms with Crippen LogP contribution < -0.4 is 10.6 Å². The lowest BCUT2D eigenvalue weighted by molar-refractivity contribution is -0.142. The first-order valence-corrected chi connectivity index (χ1v) is 10.7. The van der Waals surface area contributed by atoms with Crippen LogP contribution in [0.25, 0.3) is 0 Å². The summed E-state index contributed by atoms with van der Waals surface area (Å²) in [5.74, 6) is -1.08. The van der Waals surface area contributed by atoms with Gasteiger partial charge in [-0.05, 0) is 72.5 Å². The van der Waals surface area contributed by atoms with Crippen LogP contribution in [0.5, 0.6) is 5.75 Å². The highest BCUT2D eigenvalue weighted by atomic mass is 125. The van der Waals surface area contributed by atoms with E-state index in [1.165, 1.54) is 0 Å². The number of aromatic hydroxyl groups is 1. The van der Waals surface area contributed by atoms with Gasteiger partial charge in [-0.2, -0.15) is 0 Å². The van der Waals surface area contributed by atoms with Crippen LogP contribution in [-0.2, 0) is 22.4 Å². The number of amides is 1. The molecular weight excluding hydrogens is 485 g/mol. The van der Waals surface area contributed by atoms with Crippen LogP contribution in [-0.4, -0.2) is 51.2 Å². The number of carboxylic acids is 1. The maximum Gasteiger partial charge on any atom is 0.326 e. The predicted octanol–water partition coefficient (Wildman–Crippen LogP) is 2.22. The smallest absolute Gasteiger partial charge is 0.326 e. The number of rotatable bonds is 13. The Bertz CT molecular complexity index is 783. The zero-order valence-electron chi connectivity index (χ0n) is 16.2. The first-order valence-electron chi connectivity index (χ1n) is 9.63. The lowest BCUT2D eigenvalue weighted by Gasteiger charge is -2.14. The maximum atomic E-state index is 12.1. The van der Waals surface area contributed by atoms with E-state index in [4.69, 9.17) is 0 Å². The minimum atomic E-state index is -1.01. The normalized spacial score (nSPS) is 11.9. The zero-order chi connectivity index (χ0) is 21.1. The van der Waals surface area contributed by atoms with Gasteiger partial charge in [-0.15, -0.1) is 0 Å². The summed E-state index contributed by atoms with van der Waals surface area (Å²) < 4.78 is 0.724. The molecule has 5 N–H and O–H groups in total. The van der Waals surface area contributed by atoms with E-state index in [0.29, 0.717) is 19.3 Å². The standard InChI is InChI=1S/C20H27IN4O4/c21-16-11-14(4-6-18(16)26)5-7-19(27)25-17(20(28)29)3-1-2-9-22-10-8-15-12-23-13-24-15/h4,6,11-13,17,22,26H,1-3,5,7-10H2,(H,23,24)(H,25,27)(H,28,29)/i21-2. The van der Waals surface area contributed by atoms with E-state index in [-0.39, 0.29) is 18.1 Å². The third-order valence-electron chi connectivity index (χ3n) is 4.51. The number of aliphatic carboxylic acids is 1. The van der Waals surface area contributed by atoms with Crippen LogP contribution in [0.1, 0.15) is 36.9 Å². The van der Waals surface area contributed by atoms with E-state index in [2.05, 4.69) is 20.6 Å². The van der Waals surface area contributed by atoms with Crippen molar-refractivity contribution in [3.8, 4) is 5.75 Å². The van der Waals surface area contributed by atoms with E-state index in [0.717, 1.165) is 40.8 Å². The second-order valence-electron chi connectivity index (χ2n) is 6.82. The van der Waals surface area contributed by atoms with E-state index in [1.54, 1.807) is 24.7 Å². The molecule has 29 heavy (non-hydrogen) atoms. The fourth-order valence-corrected chi connectivity index (χ4v) is 3.44. The van der Waals surface area contributed by atoms with Crippen LogP contribution in [0.4, 0.5) is 0 Å². The fraction of sp³-hybridized carbons (Fsp3) is 0.450. The van der Waals surface area contributed by atoms with Gasteiger partial charge in [0, 0.05) is 31.3 Å². The summed E-state index contributed by atoms with van der Waals surface area (Å²) in [5, 5.41) is 24.8. The summed E-state index contributed by atoms with van der Waals surface area (Å²) in [5.41, 5.74) is 2.00. The molecule has 1 heterocycles. The number of aromatic nitrogens is 2. The van der Waals surface area contributed by atoms with Gasteiger partial charge < -0.3 is 25.8 Å². The summed E-state index contributed by atoms with van der Waals surface area (Å²) in [6.45, 7) is 1.63. The molecular formula is C20H27IN4O4. The number of hydrogen-bond donors (Lipinski definition) is 5. The monoisotopic (exact) mass is 512 g/mol. The van der Waals surface area contributed by atoms with Gasteiger partial charge >= 0.3 is 5.97 Å². The molecule has 0 bridgehead atoms. The Morgan fingerprint density at radius 3 is 2.72 bits per heavy atom. The van der Waals surface area contributed by atoms with Crippen molar-refractivity contribution >= 4 is 34.5 Å². The molecule has 1 aromatic carbocycles. The number of phenols is 1. The molecule has 9 heteroatoms. The molecule has 2 rings (SSSR count). The zero-order valence-corrected chi connectivity index (χ0v) is 18.3. The number of aryl methyl sites for hydroxylation is 1. The van der Waals surface area contributed by atoms with Crippen LogP contribution >= 0.6 is 22.6 Å². The summed E-state index contributed by atoms with van der Waals surface area (Å²) in [6, 6.07) is 4.31. The largest absolute Gasteiger partial charge is 0.507 e. The van der Waals surface area contributed by atoms with Crippen LogP contribution in [0.2, 0.25) is 0 Å². The highest BCUT2D eigenvalue weighted by molar-refractivity contribution is 14.1. The summed E-state index contributed by atoms with van der Waals surface area (Å²) >= 11 is 2.03. The van der Waals surface area contributed by atoms with E-state index >= 15 is 0 Å². The van der Waals surface area contributed by atoms with Crippen molar-refractivity contribution in [1.82, 2.24) is 20.6 Å². The molecule has 0 aliphatic carbocycles. The first kappa shape index (κ1) is 23.1. The van der Waals surface area contributed by atoms with E-state index in [1.807, 2.05) is 28.7 Å². The van der Waals surface area contributed by atoms with Crippen molar-refractivity contribution in [3.63, 3.8) is 0 Å². The van der Waals surface area contributed by atoms with E-state index in [9.17, 15) is 19.8 Å². The van der Waals surface area contributed by atoms with Crippen molar-refractivity contribution in [2.45, 2.75) is 44.6 Å². The minimum Gasteiger partial charge on any atom is -0.507 e. The number of halogens is 1. The van der Waals surface area contributed by atoms with Gasteiger partial charge in [-0.1, -0.05) is 6.07 Å². The van der Waals surface area contributed by atoms with Gasteiger partial charge in [-0.25, -0.2) is 9.78 Å². The Hall–Kier alpha value is -2.14. The van der Waals surface area contributed by atoms with Crippen molar-refractivity contribution in [2.75, 3.05) is 13.1 Å². The Labute approximate surface area is 183 Å². The number of imidazole rings is 1. The van der Waals surface area contributed by atoms with Crippen molar-refractivity contribution in [3.05, 3.63) is 45.6 Å². The summed E-state index contributed by atoms with van der Waals surface area (Å²) in [4.78, 5) is 30.6. The number of phenolic OH excluding ortho intramolecular Hbond substituents is 1. The molecule has 1 amide bonds. The molecule has 8 nitrogen and oxygen atoms in total. The van der Waals surface area contributed by atoms with Crippen molar-refractivity contribution < 1.29 is 19.8 Å². The van der Waals surface area contributed by atoms with Gasteiger partial charge in [0.25, 0.3) is 0 Å². The number of benzene rings is 1. The van der Waals surface area contributed by atoms with Gasteiger partial charge in [0.05, 0.1) is 9.90 Å². The Morgan fingerprint density at radius 1 is 1.21 bits per heavy atom. The van der Waals surface area contributed by atoms with Gasteiger partial charge in [-0.3, -0.25) is 4.79 Å². The number of unbranched alkanes of at least 4 members (excludes halogenated alkanes) is 1. The molecule has 0 aliphatic heterocycles. The number of carbonyl (C=O) groups excluding carboxylic acids is 1. The average Bonchev–Trinajstić information content (AvgIpc) is 3.20. The maximum absolute atomic E-state index is 12.1. The Balaban J connectivity index is 1.61. The van der Waals surface area contributed by atoms with Crippen molar-refractivity contribution in [2.24, 2.45) is 0 Å². The second kappa shape index (κ2) is 12.4. The number of nitrogens with one attached hydrogen (secondary N) is 3. The van der Waals surface area contributed by atoms with Crippen LogP contribution in [0.3, 0.4) is 0 Å². The number of nitrogens with zero attached hydrogens (tertiary/aromatic N) is 1. The second-order valence-corrected chi connectivity index (χ2v) is 7.98. The molecule has 2 aromatic rings. The molecule has 158 valence electrons. The number of H-pyrrole nitrogens is 1. The highest BCUT2D eigenvalue weighted by Gasteiger charge is 2.19. The quantitative estimate of drug-likeness (QED) is 0.207. The molecule has 0 saturated carbocycles. The molecule has 0 fully saturated rings. The summed E-state index contributed by atoms with van der Waals surface area (Å²) in [6.07, 6.45) is 6.98. The molecule has 0 radical (unpaired) electrons. The highest BCUT2D eigenvalue weighted by Crippen LogP contribution is 2.20. The van der Waals surface area contributed by atoms with Gasteiger partial charge in [0.1, 0.15) is 11.8 Å². The lowest BCUT2D eigenvalue weighted by Crippen LogP contribution is -2.40. The number of hydrogen-bond acceptors (Lipinski definition) is 5. The molecule has 1 aromatic heterocycles. The lowest BCUT2D eigenvalue weighted by atomic mass is 10.1. The topological polar surface area (TPSA) is 127 Å². The number of carbonyl (C=O) groups is 2. The fourth-order valence-electron chi connectivity index (χ4n) is 2.86. The third kappa shape index (κ3) is 8.82. The first-order chi connectivity index (χ1) is 14.0. The molecule has 1 unspecified atom stereocenters. The Kier molecular flexibility index (Phi) is 9.92. The average molecular weight is 512 g/mol. The van der Waals surface area contributed by atoms with Crippen molar-refractivity contribution in [1.29, 1.82) is 0 Å².